The summed E-state index contributed by atoms with van der Waals surface area (Å²) in [6.07, 6.45) is 4.36. The van der Waals surface area contributed by atoms with Crippen molar-refractivity contribution < 1.29 is 17.9 Å². The maximum absolute atomic E-state index is 12.0. The first-order chi connectivity index (χ1) is 11.8. The van der Waals surface area contributed by atoms with Gasteiger partial charge in [0.15, 0.2) is 11.6 Å². The average molecular weight is 366 g/mol. The summed E-state index contributed by atoms with van der Waals surface area (Å²) < 4.78 is 30.5. The highest BCUT2D eigenvalue weighted by Crippen LogP contribution is 2.22. The van der Waals surface area contributed by atoms with Crippen LogP contribution >= 0.6 is 0 Å². The van der Waals surface area contributed by atoms with E-state index >= 15 is 0 Å². The predicted octanol–water partition coefficient (Wildman–Crippen LogP) is 0.421. The summed E-state index contributed by atoms with van der Waals surface area (Å²) in [5, 5.41) is 10.2. The van der Waals surface area contributed by atoms with Crippen molar-refractivity contribution in [2.24, 2.45) is 5.92 Å². The van der Waals surface area contributed by atoms with Gasteiger partial charge < -0.3 is 9.52 Å². The van der Waals surface area contributed by atoms with Crippen LogP contribution in [0.5, 0.6) is 0 Å². The number of likely N-dealkylation sites (tertiary alicyclic amines) is 1. The van der Waals surface area contributed by atoms with Crippen LogP contribution in [-0.2, 0) is 16.6 Å². The first kappa shape index (κ1) is 18.0. The molecule has 2 aromatic heterocycles. The van der Waals surface area contributed by atoms with E-state index in [0.29, 0.717) is 31.2 Å². The zero-order valence-electron chi connectivity index (χ0n) is 14.2. The normalized spacial score (nSPS) is 21.9. The number of aromatic nitrogens is 2. The minimum atomic E-state index is -3.33. The van der Waals surface area contributed by atoms with Crippen molar-refractivity contribution in [1.29, 1.82) is 0 Å². The van der Waals surface area contributed by atoms with E-state index in [0.717, 1.165) is 5.56 Å². The molecular weight excluding hydrogens is 344 g/mol. The van der Waals surface area contributed by atoms with E-state index in [2.05, 4.69) is 9.97 Å². The van der Waals surface area contributed by atoms with E-state index < -0.39 is 16.1 Å². The molecule has 0 aromatic carbocycles. The van der Waals surface area contributed by atoms with Crippen molar-refractivity contribution in [3.63, 3.8) is 0 Å². The molecule has 0 bridgehead atoms. The SMILES string of the molecule is CN(C)S(=O)(=O)CC1CN(Cc2cnc(-c3ccco3)nc2)CC1O. The molecule has 0 amide bonds. The molecule has 1 N–H and O–H groups in total. The Morgan fingerprint density at radius 3 is 2.64 bits per heavy atom. The predicted molar refractivity (Wildman–Crippen MR) is 92.0 cm³/mol. The van der Waals surface area contributed by atoms with Gasteiger partial charge in [-0.05, 0) is 12.1 Å². The number of sulfonamides is 1. The summed E-state index contributed by atoms with van der Waals surface area (Å²) in [5.41, 5.74) is 0.902. The van der Waals surface area contributed by atoms with Crippen LogP contribution in [-0.4, -0.2) is 71.7 Å². The molecule has 1 fully saturated rings. The Hall–Kier alpha value is -1.81. The second-order valence-corrected chi connectivity index (χ2v) is 8.70. The first-order valence-electron chi connectivity index (χ1n) is 8.00. The van der Waals surface area contributed by atoms with Gasteiger partial charge in [0, 0.05) is 57.6 Å². The quantitative estimate of drug-likeness (QED) is 0.791. The number of hydrogen-bond donors (Lipinski definition) is 1. The molecule has 2 atom stereocenters. The van der Waals surface area contributed by atoms with E-state index in [9.17, 15) is 13.5 Å². The van der Waals surface area contributed by atoms with E-state index in [1.54, 1.807) is 30.8 Å². The Labute approximate surface area is 147 Å². The molecule has 0 saturated carbocycles. The fraction of sp³-hybridized carbons (Fsp3) is 0.500. The second kappa shape index (κ2) is 7.20. The van der Waals surface area contributed by atoms with Gasteiger partial charge in [0.1, 0.15) is 0 Å². The minimum absolute atomic E-state index is 0.0500. The third-order valence-corrected chi connectivity index (χ3v) is 6.28. The zero-order valence-corrected chi connectivity index (χ0v) is 15.1. The summed E-state index contributed by atoms with van der Waals surface area (Å²) in [6.45, 7) is 1.52. The molecule has 9 heteroatoms. The third-order valence-electron chi connectivity index (χ3n) is 4.32. The lowest BCUT2D eigenvalue weighted by atomic mass is 10.1. The zero-order chi connectivity index (χ0) is 18.0. The van der Waals surface area contributed by atoms with E-state index in [-0.39, 0.29) is 11.7 Å². The van der Waals surface area contributed by atoms with Gasteiger partial charge in [0.05, 0.1) is 18.1 Å². The molecule has 1 aliphatic heterocycles. The minimum Gasteiger partial charge on any atom is -0.461 e. The Morgan fingerprint density at radius 1 is 1.32 bits per heavy atom. The van der Waals surface area contributed by atoms with E-state index in [4.69, 9.17) is 4.42 Å². The highest BCUT2D eigenvalue weighted by Gasteiger charge is 2.35. The summed E-state index contributed by atoms with van der Waals surface area (Å²) in [5.74, 6) is 0.781. The Balaban J connectivity index is 1.61. The van der Waals surface area contributed by atoms with Gasteiger partial charge in [-0.3, -0.25) is 4.90 Å². The van der Waals surface area contributed by atoms with Crippen LogP contribution in [0.25, 0.3) is 11.6 Å². The van der Waals surface area contributed by atoms with Gasteiger partial charge in [-0.1, -0.05) is 0 Å². The van der Waals surface area contributed by atoms with Crippen LogP contribution in [0, 0.1) is 5.92 Å². The second-order valence-electron chi connectivity index (χ2n) is 6.47. The number of nitrogens with zero attached hydrogens (tertiary/aromatic N) is 4. The third kappa shape index (κ3) is 4.24. The number of hydrogen-bond acceptors (Lipinski definition) is 7. The topological polar surface area (TPSA) is 99.8 Å². The van der Waals surface area contributed by atoms with Gasteiger partial charge in [-0.25, -0.2) is 22.7 Å². The van der Waals surface area contributed by atoms with Gasteiger partial charge in [0.25, 0.3) is 0 Å². The lowest BCUT2D eigenvalue weighted by Gasteiger charge is -2.18. The van der Waals surface area contributed by atoms with Gasteiger partial charge in [-0.2, -0.15) is 0 Å². The highest BCUT2D eigenvalue weighted by molar-refractivity contribution is 7.89. The fourth-order valence-electron chi connectivity index (χ4n) is 2.88. The lowest BCUT2D eigenvalue weighted by Crippen LogP contribution is -2.33. The molecule has 0 spiro atoms. The number of rotatable bonds is 6. The summed E-state index contributed by atoms with van der Waals surface area (Å²) in [4.78, 5) is 10.6. The molecule has 3 rings (SSSR count). The standard InChI is InChI=1S/C16H22N4O4S/c1-19(2)25(22,23)11-13-9-20(10-14(13)21)8-12-6-17-16(18-7-12)15-4-3-5-24-15/h3-7,13-14,21H,8-11H2,1-2H3. The van der Waals surface area contributed by atoms with Crippen molar-refractivity contribution in [1.82, 2.24) is 19.2 Å². The van der Waals surface area contributed by atoms with E-state index in [1.165, 1.54) is 18.4 Å². The lowest BCUT2D eigenvalue weighted by molar-refractivity contribution is 0.148. The monoisotopic (exact) mass is 366 g/mol. The highest BCUT2D eigenvalue weighted by atomic mass is 32.2. The van der Waals surface area contributed by atoms with Gasteiger partial charge >= 0.3 is 0 Å². The molecule has 2 aromatic rings. The molecule has 0 aliphatic carbocycles. The molecule has 8 nitrogen and oxygen atoms in total. The van der Waals surface area contributed by atoms with Crippen LogP contribution < -0.4 is 0 Å². The van der Waals surface area contributed by atoms with Crippen molar-refractivity contribution in [3.8, 4) is 11.6 Å². The van der Waals surface area contributed by atoms with Crippen LogP contribution in [0.4, 0.5) is 0 Å². The average Bonchev–Trinajstić information content (AvgIpc) is 3.19. The number of β-amino-alcohol motifs (C(OH)–C–C–N with tert-alkyl or cyclic N) is 1. The van der Waals surface area contributed by atoms with Crippen molar-refractivity contribution in [2.75, 3.05) is 32.9 Å². The molecule has 1 aliphatic rings. The molecule has 3 heterocycles. The van der Waals surface area contributed by atoms with Crippen molar-refractivity contribution in [3.05, 3.63) is 36.4 Å². The molecule has 1 saturated heterocycles. The number of furan rings is 1. The maximum atomic E-state index is 12.0. The Morgan fingerprint density at radius 2 is 2.04 bits per heavy atom. The molecule has 2 unspecified atom stereocenters. The molecule has 25 heavy (non-hydrogen) atoms. The number of aliphatic hydroxyl groups is 1. The largest absolute Gasteiger partial charge is 0.461 e. The maximum Gasteiger partial charge on any atom is 0.214 e. The van der Waals surface area contributed by atoms with Crippen LogP contribution in [0.15, 0.2) is 35.2 Å². The molecular formula is C16H22N4O4S. The van der Waals surface area contributed by atoms with Crippen LogP contribution in [0.3, 0.4) is 0 Å². The smallest absolute Gasteiger partial charge is 0.214 e. The van der Waals surface area contributed by atoms with E-state index in [1.807, 2.05) is 4.90 Å². The summed E-state index contributed by atoms with van der Waals surface area (Å²) in [6, 6.07) is 3.57. The fourth-order valence-corrected chi connectivity index (χ4v) is 4.05. The van der Waals surface area contributed by atoms with Gasteiger partial charge in [0.2, 0.25) is 10.0 Å². The van der Waals surface area contributed by atoms with Crippen LogP contribution in [0.1, 0.15) is 5.56 Å². The van der Waals surface area contributed by atoms with Gasteiger partial charge in [-0.15, -0.1) is 0 Å². The Kier molecular flexibility index (Phi) is 5.19. The Bertz CT molecular complexity index is 790. The number of aliphatic hydroxyl groups excluding tert-OH is 1. The van der Waals surface area contributed by atoms with Crippen molar-refractivity contribution >= 4 is 10.0 Å². The molecule has 0 radical (unpaired) electrons. The molecule has 136 valence electrons. The first-order valence-corrected chi connectivity index (χ1v) is 9.61. The van der Waals surface area contributed by atoms with Crippen molar-refractivity contribution in [2.45, 2.75) is 12.6 Å². The summed E-state index contributed by atoms with van der Waals surface area (Å²) >= 11 is 0. The summed E-state index contributed by atoms with van der Waals surface area (Å²) in [7, 11) is -0.317. The van der Waals surface area contributed by atoms with Crippen LogP contribution in [0.2, 0.25) is 0 Å².